The number of hydrogen-bond acceptors (Lipinski definition) is 1. The maximum absolute atomic E-state index is 3.66. The minimum Gasteiger partial charge on any atom is -0.308 e. The van der Waals surface area contributed by atoms with Gasteiger partial charge in [0.05, 0.1) is 0 Å². The number of nitrogens with one attached hydrogen (secondary N) is 1. The monoisotopic (exact) mass is 331 g/mol. The Morgan fingerprint density at radius 3 is 2.30 bits per heavy atom. The molecule has 0 spiro atoms. The summed E-state index contributed by atoms with van der Waals surface area (Å²) in [5.74, 6) is 0. The van der Waals surface area contributed by atoms with Gasteiger partial charge in [0, 0.05) is 16.6 Å². The first-order chi connectivity index (χ1) is 9.57. The van der Waals surface area contributed by atoms with Crippen molar-refractivity contribution in [3.8, 4) is 0 Å². The van der Waals surface area contributed by atoms with Crippen molar-refractivity contribution >= 4 is 15.9 Å². The van der Waals surface area contributed by atoms with Gasteiger partial charge in [-0.05, 0) is 43.9 Å². The number of halogens is 1. The van der Waals surface area contributed by atoms with Crippen molar-refractivity contribution in [1.82, 2.24) is 5.32 Å². The van der Waals surface area contributed by atoms with Crippen LogP contribution in [0.25, 0.3) is 0 Å². The van der Waals surface area contributed by atoms with Crippen LogP contribution in [0.3, 0.4) is 0 Å². The molecule has 0 radical (unpaired) electrons. The standard InChI is InChI=1S/C18H22BrN/c1-18(2,13-12-15-8-4-3-5-9-15)20-14-16-10-6-7-11-17(16)19/h3-11,20H,12-14H2,1-2H3. The topological polar surface area (TPSA) is 12.0 Å². The van der Waals surface area contributed by atoms with Gasteiger partial charge < -0.3 is 5.32 Å². The van der Waals surface area contributed by atoms with Gasteiger partial charge in [-0.1, -0.05) is 64.5 Å². The average Bonchev–Trinajstić information content (AvgIpc) is 2.46. The molecule has 0 atom stereocenters. The summed E-state index contributed by atoms with van der Waals surface area (Å²) >= 11 is 3.60. The van der Waals surface area contributed by atoms with Crippen molar-refractivity contribution in [1.29, 1.82) is 0 Å². The van der Waals surface area contributed by atoms with Gasteiger partial charge in [0.1, 0.15) is 0 Å². The number of rotatable bonds is 6. The first kappa shape index (κ1) is 15.3. The molecule has 2 aromatic rings. The Hall–Kier alpha value is -1.12. The zero-order chi connectivity index (χ0) is 14.4. The highest BCUT2D eigenvalue weighted by Crippen LogP contribution is 2.18. The van der Waals surface area contributed by atoms with E-state index in [9.17, 15) is 0 Å². The van der Waals surface area contributed by atoms with Crippen LogP contribution in [0, 0.1) is 0 Å². The molecule has 1 nitrogen and oxygen atoms in total. The Kier molecular flexibility index (Phi) is 5.38. The summed E-state index contributed by atoms with van der Waals surface area (Å²) in [5, 5.41) is 3.66. The van der Waals surface area contributed by atoms with E-state index in [2.05, 4.69) is 83.6 Å². The first-order valence-electron chi connectivity index (χ1n) is 7.09. The first-order valence-corrected chi connectivity index (χ1v) is 7.88. The third-order valence-corrected chi connectivity index (χ3v) is 4.37. The summed E-state index contributed by atoms with van der Waals surface area (Å²) in [6, 6.07) is 19.1. The summed E-state index contributed by atoms with van der Waals surface area (Å²) < 4.78 is 1.17. The van der Waals surface area contributed by atoms with E-state index in [1.807, 2.05) is 6.07 Å². The molecule has 2 aromatic carbocycles. The third-order valence-electron chi connectivity index (χ3n) is 3.60. The van der Waals surface area contributed by atoms with Crippen LogP contribution < -0.4 is 5.32 Å². The molecule has 2 heteroatoms. The minimum atomic E-state index is 0.130. The quantitative estimate of drug-likeness (QED) is 0.789. The van der Waals surface area contributed by atoms with E-state index < -0.39 is 0 Å². The Bertz CT molecular complexity index is 534. The molecule has 1 N–H and O–H groups in total. The van der Waals surface area contributed by atoms with Crippen LogP contribution in [0.1, 0.15) is 31.4 Å². The molecule has 20 heavy (non-hydrogen) atoms. The second-order valence-corrected chi connectivity index (χ2v) is 6.67. The van der Waals surface area contributed by atoms with Crippen molar-refractivity contribution in [3.05, 3.63) is 70.2 Å². The van der Waals surface area contributed by atoms with Gasteiger partial charge >= 0.3 is 0 Å². The highest BCUT2D eigenvalue weighted by Gasteiger charge is 2.17. The molecule has 0 bridgehead atoms. The summed E-state index contributed by atoms with van der Waals surface area (Å²) in [6.45, 7) is 5.43. The van der Waals surface area contributed by atoms with Gasteiger partial charge in [-0.2, -0.15) is 0 Å². The highest BCUT2D eigenvalue weighted by molar-refractivity contribution is 9.10. The molecular weight excluding hydrogens is 310 g/mol. The van der Waals surface area contributed by atoms with Crippen LogP contribution in [-0.2, 0) is 13.0 Å². The lowest BCUT2D eigenvalue weighted by atomic mass is 9.95. The molecule has 2 rings (SSSR count). The van der Waals surface area contributed by atoms with Crippen molar-refractivity contribution in [2.45, 2.75) is 38.8 Å². The van der Waals surface area contributed by atoms with E-state index in [0.717, 1.165) is 19.4 Å². The molecule has 0 fully saturated rings. The van der Waals surface area contributed by atoms with Crippen molar-refractivity contribution in [3.63, 3.8) is 0 Å². The maximum atomic E-state index is 3.66. The SMILES string of the molecule is CC(C)(CCc1ccccc1)NCc1ccccc1Br. The normalized spacial score (nSPS) is 11.6. The van der Waals surface area contributed by atoms with E-state index in [1.165, 1.54) is 15.6 Å². The molecule has 0 aliphatic carbocycles. The molecule has 0 amide bonds. The van der Waals surface area contributed by atoms with Gasteiger partial charge in [0.25, 0.3) is 0 Å². The zero-order valence-corrected chi connectivity index (χ0v) is 13.8. The van der Waals surface area contributed by atoms with Gasteiger partial charge in [-0.15, -0.1) is 0 Å². The predicted octanol–water partition coefficient (Wildman–Crippen LogP) is 4.95. The Morgan fingerprint density at radius 2 is 1.60 bits per heavy atom. The summed E-state index contributed by atoms with van der Waals surface area (Å²) in [4.78, 5) is 0. The Labute approximate surface area is 130 Å². The average molecular weight is 332 g/mol. The summed E-state index contributed by atoms with van der Waals surface area (Å²) in [7, 11) is 0. The molecule has 0 unspecified atom stereocenters. The third kappa shape index (κ3) is 4.77. The maximum Gasteiger partial charge on any atom is 0.0221 e. The van der Waals surface area contributed by atoms with Gasteiger partial charge in [0.15, 0.2) is 0 Å². The fourth-order valence-electron chi connectivity index (χ4n) is 2.17. The van der Waals surface area contributed by atoms with Crippen LogP contribution in [-0.4, -0.2) is 5.54 Å². The van der Waals surface area contributed by atoms with E-state index in [4.69, 9.17) is 0 Å². The van der Waals surface area contributed by atoms with Crippen LogP contribution in [0.5, 0.6) is 0 Å². The fraction of sp³-hybridized carbons (Fsp3) is 0.333. The molecular formula is C18H22BrN. The smallest absolute Gasteiger partial charge is 0.0221 e. The lowest BCUT2D eigenvalue weighted by Crippen LogP contribution is -2.39. The Morgan fingerprint density at radius 1 is 0.950 bits per heavy atom. The van der Waals surface area contributed by atoms with Crippen LogP contribution >= 0.6 is 15.9 Å². The Balaban J connectivity index is 1.86. The summed E-state index contributed by atoms with van der Waals surface area (Å²) in [6.07, 6.45) is 2.23. The summed E-state index contributed by atoms with van der Waals surface area (Å²) in [5.41, 5.74) is 2.84. The molecule has 0 aliphatic rings. The second-order valence-electron chi connectivity index (χ2n) is 5.81. The van der Waals surface area contributed by atoms with Crippen molar-refractivity contribution in [2.24, 2.45) is 0 Å². The van der Waals surface area contributed by atoms with E-state index >= 15 is 0 Å². The lowest BCUT2D eigenvalue weighted by molar-refractivity contribution is 0.360. The van der Waals surface area contributed by atoms with Crippen molar-refractivity contribution < 1.29 is 0 Å². The van der Waals surface area contributed by atoms with Gasteiger partial charge in [0.2, 0.25) is 0 Å². The van der Waals surface area contributed by atoms with Crippen LogP contribution in [0.15, 0.2) is 59.1 Å². The highest BCUT2D eigenvalue weighted by atomic mass is 79.9. The van der Waals surface area contributed by atoms with Crippen LogP contribution in [0.4, 0.5) is 0 Å². The predicted molar refractivity (Wildman–Crippen MR) is 89.8 cm³/mol. The van der Waals surface area contributed by atoms with Gasteiger partial charge in [-0.3, -0.25) is 0 Å². The molecule has 0 saturated heterocycles. The molecule has 0 aliphatic heterocycles. The lowest BCUT2D eigenvalue weighted by Gasteiger charge is -2.27. The van der Waals surface area contributed by atoms with Gasteiger partial charge in [-0.25, -0.2) is 0 Å². The fourth-order valence-corrected chi connectivity index (χ4v) is 2.59. The zero-order valence-electron chi connectivity index (χ0n) is 12.2. The number of aryl methyl sites for hydroxylation is 1. The van der Waals surface area contributed by atoms with Crippen molar-refractivity contribution in [2.75, 3.05) is 0 Å². The minimum absolute atomic E-state index is 0.130. The molecule has 0 saturated carbocycles. The van der Waals surface area contributed by atoms with E-state index in [1.54, 1.807) is 0 Å². The second kappa shape index (κ2) is 7.05. The van der Waals surface area contributed by atoms with Crippen LogP contribution in [0.2, 0.25) is 0 Å². The van der Waals surface area contributed by atoms with E-state index in [-0.39, 0.29) is 5.54 Å². The largest absolute Gasteiger partial charge is 0.308 e. The van der Waals surface area contributed by atoms with E-state index in [0.29, 0.717) is 0 Å². The number of benzene rings is 2. The molecule has 0 aromatic heterocycles. The molecule has 106 valence electrons. The number of hydrogen-bond donors (Lipinski definition) is 1. The molecule has 0 heterocycles.